The molecule has 0 bridgehead atoms. The van der Waals surface area contributed by atoms with Gasteiger partial charge in [-0.1, -0.05) is 39.2 Å². The van der Waals surface area contributed by atoms with Gasteiger partial charge in [-0.25, -0.2) is 14.4 Å². The van der Waals surface area contributed by atoms with Gasteiger partial charge in [0.1, 0.15) is 24.9 Å². The highest BCUT2D eigenvalue weighted by atomic mass is 16.7. The second-order valence-electron chi connectivity index (χ2n) is 9.89. The van der Waals surface area contributed by atoms with E-state index in [-0.39, 0.29) is 43.8 Å². The Labute approximate surface area is 241 Å². The number of hydrogen-bond acceptors (Lipinski definition) is 12. The number of esters is 1. The second kappa shape index (κ2) is 18.7. The van der Waals surface area contributed by atoms with Crippen molar-refractivity contribution in [2.45, 2.75) is 103 Å². The Morgan fingerprint density at radius 2 is 1.46 bits per heavy atom. The van der Waals surface area contributed by atoms with Gasteiger partial charge in [0.2, 0.25) is 0 Å². The zero-order valence-corrected chi connectivity index (χ0v) is 24.2. The normalized spacial score (nSPS) is 14.7. The van der Waals surface area contributed by atoms with Crippen LogP contribution in [0, 0.1) is 0 Å². The van der Waals surface area contributed by atoms with Crippen molar-refractivity contribution in [1.82, 2.24) is 0 Å². The molecule has 0 radical (unpaired) electrons. The van der Waals surface area contributed by atoms with Gasteiger partial charge in [0, 0.05) is 0 Å². The Morgan fingerprint density at radius 3 is 2.07 bits per heavy atom. The zero-order valence-electron chi connectivity index (χ0n) is 24.2. The van der Waals surface area contributed by atoms with Gasteiger partial charge in [-0.2, -0.15) is 0 Å². The fraction of sp³-hybridized carbons (Fsp3) is 0.655. The Morgan fingerprint density at radius 1 is 0.854 bits per heavy atom. The number of ether oxygens (including phenoxy) is 7. The topological polar surface area (TPSA) is 159 Å². The van der Waals surface area contributed by atoms with Crippen LogP contribution in [-0.4, -0.2) is 62.5 Å². The van der Waals surface area contributed by atoms with E-state index in [2.05, 4.69) is 0 Å². The van der Waals surface area contributed by atoms with Gasteiger partial charge >= 0.3 is 24.4 Å². The molecule has 2 rings (SSSR count). The minimum atomic E-state index is -1.08. The standard InChI is InChI=1S/C29H43NO11/c1-4-6-15-35-27(32)40-24-14-13-21(18-25(24)41-28(33)36-16-7-5-2)17-23(30)26(31)38-20(3)19-37-29(34)39-22-11-9-8-10-12-22/h13-14,18,20,22-23H,4-12,15-17,19,30H2,1-3H3/t20-,23-/m0/s1. The first-order valence-electron chi connectivity index (χ1n) is 14.3. The van der Waals surface area contributed by atoms with E-state index < -0.39 is 36.6 Å². The molecule has 1 saturated carbocycles. The van der Waals surface area contributed by atoms with Crippen LogP contribution in [-0.2, 0) is 34.9 Å². The number of unbranched alkanes of at least 4 members (excludes halogenated alkanes) is 2. The van der Waals surface area contributed by atoms with Crippen molar-refractivity contribution in [3.63, 3.8) is 0 Å². The molecule has 230 valence electrons. The first-order chi connectivity index (χ1) is 19.7. The molecule has 1 aliphatic rings. The SMILES string of the molecule is CCCCOC(=O)Oc1ccc(C[C@H](N)C(=O)O[C@@H](C)COC(=O)OC2CCCCC2)cc1OC(=O)OCCCC. The van der Waals surface area contributed by atoms with Gasteiger partial charge in [0.05, 0.1) is 13.2 Å². The molecular weight excluding hydrogens is 538 g/mol. The van der Waals surface area contributed by atoms with Crippen molar-refractivity contribution in [3.8, 4) is 11.5 Å². The number of nitrogens with two attached hydrogens (primary N) is 1. The third kappa shape index (κ3) is 13.6. The highest BCUT2D eigenvalue weighted by Crippen LogP contribution is 2.30. The molecule has 1 fully saturated rings. The maximum atomic E-state index is 12.6. The molecule has 2 atom stereocenters. The largest absolute Gasteiger partial charge is 0.513 e. The molecule has 41 heavy (non-hydrogen) atoms. The van der Waals surface area contributed by atoms with Gasteiger partial charge in [-0.3, -0.25) is 4.79 Å². The third-order valence-electron chi connectivity index (χ3n) is 6.16. The quantitative estimate of drug-likeness (QED) is 0.118. The van der Waals surface area contributed by atoms with Crippen LogP contribution in [0.5, 0.6) is 11.5 Å². The van der Waals surface area contributed by atoms with E-state index in [4.69, 9.17) is 38.9 Å². The van der Waals surface area contributed by atoms with Crippen molar-refractivity contribution in [1.29, 1.82) is 0 Å². The molecule has 2 N–H and O–H groups in total. The van der Waals surface area contributed by atoms with Crippen molar-refractivity contribution < 1.29 is 52.3 Å². The van der Waals surface area contributed by atoms with Gasteiger partial charge in [0.25, 0.3) is 0 Å². The molecule has 1 aromatic rings. The molecule has 0 spiro atoms. The van der Waals surface area contributed by atoms with Crippen LogP contribution in [0.2, 0.25) is 0 Å². The van der Waals surface area contributed by atoms with E-state index in [0.29, 0.717) is 18.4 Å². The number of hydrogen-bond donors (Lipinski definition) is 1. The second-order valence-corrected chi connectivity index (χ2v) is 9.89. The average molecular weight is 582 g/mol. The Bertz CT molecular complexity index is 978. The van der Waals surface area contributed by atoms with Gasteiger partial charge in [-0.15, -0.1) is 0 Å². The Balaban J connectivity index is 1.93. The lowest BCUT2D eigenvalue weighted by molar-refractivity contribution is -0.152. The number of carbonyl (C=O) groups is 4. The van der Waals surface area contributed by atoms with Crippen molar-refractivity contribution in [2.24, 2.45) is 5.73 Å². The van der Waals surface area contributed by atoms with Gasteiger partial charge in [0.15, 0.2) is 11.5 Å². The number of benzene rings is 1. The van der Waals surface area contributed by atoms with E-state index >= 15 is 0 Å². The summed E-state index contributed by atoms with van der Waals surface area (Å²) in [4.78, 5) is 48.7. The van der Waals surface area contributed by atoms with Gasteiger partial charge < -0.3 is 38.9 Å². The first kappa shape index (κ1) is 33.7. The number of carbonyl (C=O) groups excluding carboxylic acids is 4. The van der Waals surface area contributed by atoms with E-state index in [1.54, 1.807) is 13.0 Å². The summed E-state index contributed by atoms with van der Waals surface area (Å²) >= 11 is 0. The first-order valence-corrected chi connectivity index (χ1v) is 14.3. The van der Waals surface area contributed by atoms with Crippen LogP contribution in [0.25, 0.3) is 0 Å². The van der Waals surface area contributed by atoms with E-state index in [1.807, 2.05) is 13.8 Å². The zero-order chi connectivity index (χ0) is 30.0. The van der Waals surface area contributed by atoms with Gasteiger partial charge in [-0.05, 0) is 69.6 Å². The van der Waals surface area contributed by atoms with Crippen LogP contribution in [0.4, 0.5) is 14.4 Å². The fourth-order valence-electron chi connectivity index (χ4n) is 3.88. The lowest BCUT2D eigenvalue weighted by Gasteiger charge is -2.22. The molecule has 0 unspecified atom stereocenters. The molecule has 0 amide bonds. The van der Waals surface area contributed by atoms with Crippen LogP contribution >= 0.6 is 0 Å². The highest BCUT2D eigenvalue weighted by molar-refractivity contribution is 5.76. The van der Waals surface area contributed by atoms with E-state index in [0.717, 1.165) is 44.9 Å². The summed E-state index contributed by atoms with van der Waals surface area (Å²) in [6.45, 7) is 5.64. The maximum absolute atomic E-state index is 12.6. The lowest BCUT2D eigenvalue weighted by atomic mass is 9.98. The van der Waals surface area contributed by atoms with Crippen molar-refractivity contribution in [3.05, 3.63) is 23.8 Å². The lowest BCUT2D eigenvalue weighted by Crippen LogP contribution is -2.37. The molecule has 1 aliphatic carbocycles. The van der Waals surface area contributed by atoms with E-state index in [1.165, 1.54) is 12.1 Å². The smallest absolute Gasteiger partial charge is 0.458 e. The van der Waals surface area contributed by atoms with Crippen molar-refractivity contribution >= 4 is 24.4 Å². The summed E-state index contributed by atoms with van der Waals surface area (Å²) in [6, 6.07) is 3.29. The molecule has 12 heteroatoms. The Hall–Kier alpha value is -3.54. The summed E-state index contributed by atoms with van der Waals surface area (Å²) in [5.41, 5.74) is 6.55. The van der Waals surface area contributed by atoms with Crippen LogP contribution in [0.15, 0.2) is 18.2 Å². The predicted molar refractivity (Wildman–Crippen MR) is 147 cm³/mol. The minimum Gasteiger partial charge on any atom is -0.458 e. The third-order valence-corrected chi connectivity index (χ3v) is 6.16. The minimum absolute atomic E-state index is 0.0125. The molecule has 1 aromatic carbocycles. The van der Waals surface area contributed by atoms with E-state index in [9.17, 15) is 19.2 Å². The number of rotatable bonds is 15. The van der Waals surface area contributed by atoms with Crippen molar-refractivity contribution in [2.75, 3.05) is 19.8 Å². The highest BCUT2D eigenvalue weighted by Gasteiger charge is 2.23. The maximum Gasteiger partial charge on any atom is 0.513 e. The molecule has 0 saturated heterocycles. The molecule has 12 nitrogen and oxygen atoms in total. The summed E-state index contributed by atoms with van der Waals surface area (Å²) in [7, 11) is 0. The molecule has 0 aliphatic heterocycles. The summed E-state index contributed by atoms with van der Waals surface area (Å²) in [5.74, 6) is -0.886. The van der Waals surface area contributed by atoms with Crippen LogP contribution < -0.4 is 15.2 Å². The fourth-order valence-corrected chi connectivity index (χ4v) is 3.88. The Kier molecular flexibility index (Phi) is 15.4. The summed E-state index contributed by atoms with van der Waals surface area (Å²) in [5, 5.41) is 0. The summed E-state index contributed by atoms with van der Waals surface area (Å²) in [6.07, 6.45) is 4.19. The predicted octanol–water partition coefficient (Wildman–Crippen LogP) is 5.61. The monoisotopic (exact) mass is 581 g/mol. The van der Waals surface area contributed by atoms with Crippen LogP contribution in [0.1, 0.15) is 84.1 Å². The molecule has 0 aromatic heterocycles. The van der Waals surface area contributed by atoms with Crippen LogP contribution in [0.3, 0.4) is 0 Å². The molecular formula is C29H43NO11. The average Bonchev–Trinajstić information content (AvgIpc) is 2.94. The molecule has 0 heterocycles. The summed E-state index contributed by atoms with van der Waals surface area (Å²) < 4.78 is 36.2.